The first-order valence-electron chi connectivity index (χ1n) is 5.94. The molecule has 1 aromatic heterocycles. The van der Waals surface area contributed by atoms with Crippen molar-refractivity contribution >= 4 is 23.1 Å². The summed E-state index contributed by atoms with van der Waals surface area (Å²) in [6.07, 6.45) is 0.432. The van der Waals surface area contributed by atoms with Gasteiger partial charge in [-0.25, -0.2) is 8.78 Å². The molecule has 2 aromatic rings. The smallest absolute Gasteiger partial charge is 0.136 e. The summed E-state index contributed by atoms with van der Waals surface area (Å²) in [5, 5.41) is 10.6. The van der Waals surface area contributed by atoms with Crippen LogP contribution in [0.15, 0.2) is 34.5 Å². The summed E-state index contributed by atoms with van der Waals surface area (Å²) in [6, 6.07) is 5.34. The third-order valence-corrected chi connectivity index (χ3v) is 4.62. The molecule has 1 N–H and O–H groups in total. The first-order chi connectivity index (χ1) is 9.70. The summed E-state index contributed by atoms with van der Waals surface area (Å²) in [6.45, 7) is 0.0374. The summed E-state index contributed by atoms with van der Waals surface area (Å²) >= 11 is 2.79. The number of hydrogen-bond acceptors (Lipinski definition) is 3. The first kappa shape index (κ1) is 15.0. The first-order valence-corrected chi connectivity index (χ1v) is 7.81. The number of thiophene rings is 1. The topological polar surface area (TPSA) is 20.2 Å². The van der Waals surface area contributed by atoms with E-state index in [-0.39, 0.29) is 6.61 Å². The minimum atomic E-state index is -0.442. The van der Waals surface area contributed by atoms with Crippen LogP contribution in [0.4, 0.5) is 8.78 Å². The van der Waals surface area contributed by atoms with Gasteiger partial charge in [0, 0.05) is 27.5 Å². The molecule has 0 bridgehead atoms. The van der Waals surface area contributed by atoms with Crippen molar-refractivity contribution in [3.63, 3.8) is 0 Å². The second-order valence-electron chi connectivity index (χ2n) is 3.90. The Morgan fingerprint density at radius 3 is 2.90 bits per heavy atom. The molecule has 0 aliphatic carbocycles. The fraction of sp³-hybridized carbons (Fsp3) is 0.200. The molecular weight excluding hydrogens is 298 g/mol. The number of halogens is 2. The summed E-state index contributed by atoms with van der Waals surface area (Å²) in [5.74, 6) is 5.52. The van der Waals surface area contributed by atoms with Gasteiger partial charge >= 0.3 is 0 Å². The van der Waals surface area contributed by atoms with Crippen molar-refractivity contribution in [1.29, 1.82) is 0 Å². The van der Waals surface area contributed by atoms with Crippen molar-refractivity contribution in [3.05, 3.63) is 51.7 Å². The van der Waals surface area contributed by atoms with Gasteiger partial charge in [-0.1, -0.05) is 11.8 Å². The standard InChI is InChI=1S/C15H12F2OS2/c16-12-4-5-13(17)14(9-12)20-10-15-11(6-8-19-15)3-1-2-7-18/h4-6,8-9,18H,2,7,10H2. The molecule has 2 rings (SSSR count). The zero-order valence-corrected chi connectivity index (χ0v) is 12.2. The highest BCUT2D eigenvalue weighted by Gasteiger charge is 2.07. The monoisotopic (exact) mass is 310 g/mol. The molecule has 20 heavy (non-hydrogen) atoms. The van der Waals surface area contributed by atoms with Crippen molar-refractivity contribution in [2.45, 2.75) is 17.1 Å². The largest absolute Gasteiger partial charge is 0.395 e. The van der Waals surface area contributed by atoms with E-state index in [1.807, 2.05) is 11.4 Å². The van der Waals surface area contributed by atoms with Gasteiger partial charge in [0.25, 0.3) is 0 Å². The Hall–Kier alpha value is -1.35. The van der Waals surface area contributed by atoms with E-state index < -0.39 is 11.6 Å². The predicted molar refractivity (Wildman–Crippen MR) is 78.8 cm³/mol. The predicted octanol–water partition coefficient (Wildman–Crippen LogP) is 4.05. The van der Waals surface area contributed by atoms with Crippen LogP contribution in [0.2, 0.25) is 0 Å². The highest BCUT2D eigenvalue weighted by Crippen LogP contribution is 2.29. The lowest BCUT2D eigenvalue weighted by molar-refractivity contribution is 0.305. The minimum Gasteiger partial charge on any atom is -0.395 e. The second kappa shape index (κ2) is 7.44. The van der Waals surface area contributed by atoms with Gasteiger partial charge in [0.15, 0.2) is 0 Å². The number of aliphatic hydroxyl groups is 1. The quantitative estimate of drug-likeness (QED) is 0.679. The van der Waals surface area contributed by atoms with Gasteiger partial charge in [0.2, 0.25) is 0 Å². The minimum absolute atomic E-state index is 0.0374. The van der Waals surface area contributed by atoms with Gasteiger partial charge in [-0.2, -0.15) is 0 Å². The van der Waals surface area contributed by atoms with Gasteiger partial charge in [-0.3, -0.25) is 0 Å². The molecule has 0 atom stereocenters. The van der Waals surface area contributed by atoms with Gasteiger partial charge in [-0.15, -0.1) is 23.1 Å². The maximum atomic E-state index is 13.5. The number of aliphatic hydroxyl groups excluding tert-OH is 1. The molecule has 1 aromatic carbocycles. The van der Waals surface area contributed by atoms with Crippen LogP contribution in [-0.4, -0.2) is 11.7 Å². The molecule has 0 amide bonds. The van der Waals surface area contributed by atoms with Crippen LogP contribution in [0.25, 0.3) is 0 Å². The SMILES string of the molecule is OCCC#Cc1ccsc1CSc1cc(F)ccc1F. The Labute approximate surface area is 124 Å². The zero-order valence-electron chi connectivity index (χ0n) is 10.5. The molecule has 5 heteroatoms. The average molecular weight is 310 g/mol. The molecule has 1 nitrogen and oxygen atoms in total. The summed E-state index contributed by atoms with van der Waals surface area (Å²) in [4.78, 5) is 1.32. The highest BCUT2D eigenvalue weighted by molar-refractivity contribution is 7.98. The number of rotatable bonds is 4. The maximum Gasteiger partial charge on any atom is 0.136 e. The van der Waals surface area contributed by atoms with Crippen LogP contribution < -0.4 is 0 Å². The fourth-order valence-corrected chi connectivity index (χ4v) is 3.42. The molecule has 0 saturated carbocycles. The van der Waals surface area contributed by atoms with E-state index in [2.05, 4.69) is 11.8 Å². The van der Waals surface area contributed by atoms with Crippen molar-refractivity contribution in [1.82, 2.24) is 0 Å². The van der Waals surface area contributed by atoms with Gasteiger partial charge in [-0.05, 0) is 29.6 Å². The van der Waals surface area contributed by atoms with Crippen molar-refractivity contribution in [2.75, 3.05) is 6.61 Å². The molecule has 0 saturated heterocycles. The lowest BCUT2D eigenvalue weighted by Gasteiger charge is -2.02. The lowest BCUT2D eigenvalue weighted by atomic mass is 10.2. The van der Waals surface area contributed by atoms with Crippen LogP contribution in [-0.2, 0) is 5.75 Å². The van der Waals surface area contributed by atoms with Crippen LogP contribution >= 0.6 is 23.1 Å². The Morgan fingerprint density at radius 2 is 2.10 bits per heavy atom. The van der Waals surface area contributed by atoms with E-state index >= 15 is 0 Å². The Kier molecular flexibility index (Phi) is 5.60. The van der Waals surface area contributed by atoms with Crippen LogP contribution in [0, 0.1) is 23.5 Å². The second-order valence-corrected chi connectivity index (χ2v) is 5.91. The van der Waals surface area contributed by atoms with Gasteiger partial charge in [0.05, 0.1) is 6.61 Å². The zero-order chi connectivity index (χ0) is 14.4. The normalized spacial score (nSPS) is 10.2. The van der Waals surface area contributed by atoms with E-state index in [0.29, 0.717) is 17.1 Å². The van der Waals surface area contributed by atoms with Crippen molar-refractivity contribution in [3.8, 4) is 11.8 Å². The third-order valence-electron chi connectivity index (χ3n) is 2.46. The van der Waals surface area contributed by atoms with Crippen LogP contribution in [0.5, 0.6) is 0 Å². The summed E-state index contributed by atoms with van der Waals surface area (Å²) in [5.41, 5.74) is 0.882. The lowest BCUT2D eigenvalue weighted by Crippen LogP contribution is -1.86. The molecule has 0 fully saturated rings. The molecule has 0 spiro atoms. The van der Waals surface area contributed by atoms with Crippen molar-refractivity contribution < 1.29 is 13.9 Å². The summed E-state index contributed by atoms with van der Waals surface area (Å²) in [7, 11) is 0. The fourth-order valence-electron chi connectivity index (χ4n) is 1.51. The van der Waals surface area contributed by atoms with Gasteiger partial charge in [0.1, 0.15) is 11.6 Å². The van der Waals surface area contributed by atoms with Crippen molar-refractivity contribution in [2.24, 2.45) is 0 Å². The van der Waals surface area contributed by atoms with E-state index in [1.54, 1.807) is 0 Å². The van der Waals surface area contributed by atoms with E-state index in [9.17, 15) is 8.78 Å². The Morgan fingerprint density at radius 1 is 1.25 bits per heavy atom. The molecule has 0 aliphatic rings. The van der Waals surface area contributed by atoms with Crippen LogP contribution in [0.3, 0.4) is 0 Å². The molecule has 104 valence electrons. The molecule has 1 heterocycles. The number of benzene rings is 1. The maximum absolute atomic E-state index is 13.5. The van der Waals surface area contributed by atoms with Gasteiger partial charge < -0.3 is 5.11 Å². The Balaban J connectivity index is 2.06. The Bertz CT molecular complexity index is 641. The molecule has 0 radical (unpaired) electrons. The number of hydrogen-bond donors (Lipinski definition) is 1. The van der Waals surface area contributed by atoms with E-state index in [0.717, 1.165) is 22.6 Å². The number of thioether (sulfide) groups is 1. The highest BCUT2D eigenvalue weighted by atomic mass is 32.2. The average Bonchev–Trinajstić information content (AvgIpc) is 2.88. The van der Waals surface area contributed by atoms with E-state index in [4.69, 9.17) is 5.11 Å². The summed E-state index contributed by atoms with van der Waals surface area (Å²) < 4.78 is 26.6. The molecule has 0 unspecified atom stereocenters. The van der Waals surface area contributed by atoms with E-state index in [1.165, 1.54) is 29.2 Å². The van der Waals surface area contributed by atoms with Crippen LogP contribution in [0.1, 0.15) is 16.9 Å². The molecule has 0 aliphatic heterocycles. The third kappa shape index (κ3) is 4.07. The molecular formula is C15H12F2OS2.